The van der Waals surface area contributed by atoms with Crippen LogP contribution in [-0.2, 0) is 9.53 Å². The molecule has 1 aromatic heterocycles. The van der Waals surface area contributed by atoms with Crippen molar-refractivity contribution in [2.24, 2.45) is 11.3 Å². The summed E-state index contributed by atoms with van der Waals surface area (Å²) in [4.78, 5) is 18.7. The number of piperidine rings is 1. The largest absolute Gasteiger partial charge is 0.424 e. The zero-order valence-corrected chi connectivity index (χ0v) is 15.3. The molecule has 7 heteroatoms. The van der Waals surface area contributed by atoms with Crippen molar-refractivity contribution >= 4 is 11.8 Å². The van der Waals surface area contributed by atoms with E-state index in [-0.39, 0.29) is 29.4 Å². The lowest BCUT2D eigenvalue weighted by Crippen LogP contribution is -2.62. The van der Waals surface area contributed by atoms with Gasteiger partial charge in [-0.25, -0.2) is 4.98 Å². The van der Waals surface area contributed by atoms with E-state index in [1.807, 2.05) is 4.90 Å². The van der Waals surface area contributed by atoms with Crippen molar-refractivity contribution in [1.29, 1.82) is 5.26 Å². The van der Waals surface area contributed by atoms with E-state index in [0.29, 0.717) is 30.6 Å². The summed E-state index contributed by atoms with van der Waals surface area (Å²) in [6.45, 7) is 7.38. The van der Waals surface area contributed by atoms with E-state index in [2.05, 4.69) is 30.2 Å². The molecule has 25 heavy (non-hydrogen) atoms. The Kier molecular flexibility index (Phi) is 4.74. The van der Waals surface area contributed by atoms with Crippen LogP contribution in [0.25, 0.3) is 0 Å². The first kappa shape index (κ1) is 17.7. The number of ether oxygens (including phenoxy) is 1. The van der Waals surface area contributed by atoms with Gasteiger partial charge in [-0.3, -0.25) is 4.79 Å². The van der Waals surface area contributed by atoms with E-state index in [1.165, 1.54) is 0 Å². The summed E-state index contributed by atoms with van der Waals surface area (Å²) in [7, 11) is 1.72. The molecule has 1 amide bonds. The van der Waals surface area contributed by atoms with Gasteiger partial charge in [0.15, 0.2) is 5.89 Å². The predicted molar refractivity (Wildman–Crippen MR) is 92.0 cm³/mol. The van der Waals surface area contributed by atoms with Crippen molar-refractivity contribution < 1.29 is 13.9 Å². The first-order chi connectivity index (χ1) is 11.9. The molecule has 1 saturated carbocycles. The fourth-order valence-electron chi connectivity index (χ4n) is 3.87. The van der Waals surface area contributed by atoms with Crippen LogP contribution in [0.1, 0.15) is 44.7 Å². The Morgan fingerprint density at radius 3 is 2.68 bits per heavy atom. The van der Waals surface area contributed by atoms with Gasteiger partial charge in [0.25, 0.3) is 0 Å². The second-order valence-corrected chi connectivity index (χ2v) is 7.60. The van der Waals surface area contributed by atoms with Gasteiger partial charge in [0.1, 0.15) is 6.07 Å². The Morgan fingerprint density at radius 2 is 2.12 bits per heavy atom. The zero-order chi connectivity index (χ0) is 18.2. The number of anilines is 1. The Morgan fingerprint density at radius 1 is 1.44 bits per heavy atom. The maximum Gasteiger partial charge on any atom is 0.234 e. The average molecular weight is 346 g/mol. The maximum absolute atomic E-state index is 12.6. The lowest BCUT2D eigenvalue weighted by molar-refractivity contribution is -0.136. The number of carbonyl (C=O) groups is 1. The monoisotopic (exact) mass is 346 g/mol. The van der Waals surface area contributed by atoms with Crippen LogP contribution in [0.4, 0.5) is 5.88 Å². The molecule has 0 radical (unpaired) electrons. The van der Waals surface area contributed by atoms with Crippen LogP contribution < -0.4 is 10.2 Å². The molecule has 1 aliphatic heterocycles. The molecule has 2 unspecified atom stereocenters. The highest BCUT2D eigenvalue weighted by Crippen LogP contribution is 2.42. The molecule has 2 heterocycles. The van der Waals surface area contributed by atoms with Gasteiger partial charge in [-0.1, -0.05) is 13.8 Å². The number of nitrogens with zero attached hydrogens (tertiary/aromatic N) is 3. The number of hydrogen-bond acceptors (Lipinski definition) is 6. The number of amides is 1. The number of hydrogen-bond donors (Lipinski definition) is 1. The van der Waals surface area contributed by atoms with Crippen LogP contribution >= 0.6 is 0 Å². The Balaban J connectivity index is 1.54. The first-order valence-corrected chi connectivity index (χ1v) is 8.82. The Hall–Kier alpha value is -2.07. The van der Waals surface area contributed by atoms with Crippen LogP contribution in [0.2, 0.25) is 0 Å². The van der Waals surface area contributed by atoms with Crippen LogP contribution in [-0.4, -0.2) is 43.2 Å². The molecule has 1 saturated heterocycles. The SMILES string of the molecule is COC1CC(NC(=O)C2CCN(c3oc(C)nc3C#N)CC2)C1(C)C. The summed E-state index contributed by atoms with van der Waals surface area (Å²) in [6, 6.07) is 2.24. The fraction of sp³-hybridized carbons (Fsp3) is 0.722. The van der Waals surface area contributed by atoms with Gasteiger partial charge in [-0.05, 0) is 19.3 Å². The van der Waals surface area contributed by atoms with Gasteiger partial charge in [0, 0.05) is 44.5 Å². The predicted octanol–water partition coefficient (Wildman–Crippen LogP) is 2.00. The molecule has 7 nitrogen and oxygen atoms in total. The Bertz CT molecular complexity index is 683. The van der Waals surface area contributed by atoms with Crippen molar-refractivity contribution in [2.75, 3.05) is 25.1 Å². The van der Waals surface area contributed by atoms with Crippen molar-refractivity contribution in [3.8, 4) is 6.07 Å². The number of rotatable bonds is 4. The van der Waals surface area contributed by atoms with Crippen LogP contribution in [0.5, 0.6) is 0 Å². The summed E-state index contributed by atoms with van der Waals surface area (Å²) in [6.07, 6.45) is 2.57. The zero-order valence-electron chi connectivity index (χ0n) is 15.3. The van der Waals surface area contributed by atoms with E-state index >= 15 is 0 Å². The molecular formula is C18H26N4O3. The maximum atomic E-state index is 12.6. The normalized spacial score (nSPS) is 26.0. The number of carbonyl (C=O) groups excluding carboxylic acids is 1. The minimum absolute atomic E-state index is 0.00296. The number of nitrogens with one attached hydrogen (secondary N) is 1. The summed E-state index contributed by atoms with van der Waals surface area (Å²) in [5.74, 6) is 1.15. The topological polar surface area (TPSA) is 91.4 Å². The van der Waals surface area contributed by atoms with Gasteiger partial charge in [-0.2, -0.15) is 5.26 Å². The highest BCUT2D eigenvalue weighted by molar-refractivity contribution is 5.79. The number of aryl methyl sites for hydroxylation is 1. The van der Waals surface area contributed by atoms with Gasteiger partial charge in [-0.15, -0.1) is 0 Å². The molecule has 0 bridgehead atoms. The highest BCUT2D eigenvalue weighted by Gasteiger charge is 2.49. The fourth-order valence-corrected chi connectivity index (χ4v) is 3.87. The number of oxazole rings is 1. The van der Waals surface area contributed by atoms with Crippen molar-refractivity contribution in [1.82, 2.24) is 10.3 Å². The summed E-state index contributed by atoms with van der Waals surface area (Å²) >= 11 is 0. The third kappa shape index (κ3) is 3.23. The molecule has 1 N–H and O–H groups in total. The van der Waals surface area contributed by atoms with Crippen molar-refractivity contribution in [2.45, 2.75) is 52.2 Å². The second-order valence-electron chi connectivity index (χ2n) is 7.60. The molecular weight excluding hydrogens is 320 g/mol. The molecule has 2 fully saturated rings. The molecule has 1 aliphatic carbocycles. The van der Waals surface area contributed by atoms with E-state index in [9.17, 15) is 4.79 Å². The first-order valence-electron chi connectivity index (χ1n) is 8.82. The molecule has 136 valence electrons. The second kappa shape index (κ2) is 6.68. The van der Waals surface area contributed by atoms with E-state index in [0.717, 1.165) is 19.3 Å². The molecule has 0 spiro atoms. The lowest BCUT2D eigenvalue weighted by Gasteiger charge is -2.51. The quantitative estimate of drug-likeness (QED) is 0.896. The Labute approximate surface area is 148 Å². The summed E-state index contributed by atoms with van der Waals surface area (Å²) in [5, 5.41) is 12.3. The standard InChI is InChI=1S/C18H26N4O3/c1-11-20-13(10-19)17(25-11)22-7-5-12(6-8-22)16(23)21-14-9-15(24-4)18(14,2)3/h12,14-15H,5-9H2,1-4H3,(H,21,23). The van der Waals surface area contributed by atoms with Gasteiger partial charge in [0.05, 0.1) is 6.10 Å². The summed E-state index contributed by atoms with van der Waals surface area (Å²) < 4.78 is 11.0. The molecule has 2 aliphatic rings. The van der Waals surface area contributed by atoms with E-state index in [1.54, 1.807) is 14.0 Å². The van der Waals surface area contributed by atoms with Crippen LogP contribution in [0.3, 0.4) is 0 Å². The minimum atomic E-state index is -0.0236. The highest BCUT2D eigenvalue weighted by atomic mass is 16.5. The lowest BCUT2D eigenvalue weighted by atomic mass is 9.64. The average Bonchev–Trinajstić information content (AvgIpc) is 2.99. The van der Waals surface area contributed by atoms with Crippen molar-refractivity contribution in [3.63, 3.8) is 0 Å². The van der Waals surface area contributed by atoms with E-state index < -0.39 is 0 Å². The van der Waals surface area contributed by atoms with Gasteiger partial charge < -0.3 is 19.4 Å². The number of nitriles is 1. The van der Waals surface area contributed by atoms with Crippen LogP contribution in [0.15, 0.2) is 4.42 Å². The van der Waals surface area contributed by atoms with E-state index in [4.69, 9.17) is 14.4 Å². The smallest absolute Gasteiger partial charge is 0.234 e. The van der Waals surface area contributed by atoms with Gasteiger partial charge in [0.2, 0.25) is 17.5 Å². The van der Waals surface area contributed by atoms with Gasteiger partial charge >= 0.3 is 0 Å². The molecule has 1 aromatic rings. The third-order valence-corrected chi connectivity index (χ3v) is 5.75. The third-order valence-electron chi connectivity index (χ3n) is 5.75. The molecule has 0 aromatic carbocycles. The molecule has 2 atom stereocenters. The summed E-state index contributed by atoms with van der Waals surface area (Å²) in [5.41, 5.74) is 0.298. The van der Waals surface area contributed by atoms with Crippen molar-refractivity contribution in [3.05, 3.63) is 11.6 Å². The van der Waals surface area contributed by atoms with Crippen LogP contribution in [0, 0.1) is 29.6 Å². The minimum Gasteiger partial charge on any atom is -0.424 e. The molecule has 3 rings (SSSR count). The number of aromatic nitrogens is 1. The number of methoxy groups -OCH3 is 1.